The predicted octanol–water partition coefficient (Wildman–Crippen LogP) is -1.66. The van der Waals surface area contributed by atoms with Gasteiger partial charge in [0, 0.05) is 7.05 Å². The monoisotopic (exact) mass is 194 g/mol. The minimum Gasteiger partial charge on any atom is -0.303 e. The molecule has 0 aromatic heterocycles. The first-order valence-corrected chi connectivity index (χ1v) is 4.26. The highest BCUT2D eigenvalue weighted by atomic mass is 32.2. The molecule has 12 heavy (non-hydrogen) atoms. The Morgan fingerprint density at radius 3 is 2.58 bits per heavy atom. The first-order valence-electron chi connectivity index (χ1n) is 2.78. The third-order valence-corrected chi connectivity index (χ3v) is 1.82. The number of hydrogen-bond donors (Lipinski definition) is 4. The van der Waals surface area contributed by atoms with Crippen LogP contribution in [0.2, 0.25) is 0 Å². The lowest BCUT2D eigenvalue weighted by atomic mass is 10.9. The molecule has 0 amide bonds. The predicted molar refractivity (Wildman–Crippen MR) is 42.4 cm³/mol. The zero-order valence-electron chi connectivity index (χ0n) is 6.40. The maximum absolute atomic E-state index is 10.7. The number of nitrogens with zero attached hydrogens (tertiary/aromatic N) is 2. The molecular weight excluding hydrogens is 184 g/mol. The van der Waals surface area contributed by atoms with Crippen LogP contribution in [0.4, 0.5) is 0 Å². The molecule has 5 N–H and O–H groups in total. The highest BCUT2D eigenvalue weighted by Gasteiger charge is 2.05. The van der Waals surface area contributed by atoms with E-state index in [0.29, 0.717) is 0 Å². The summed E-state index contributed by atoms with van der Waals surface area (Å²) >= 11 is 0. The fourth-order valence-electron chi connectivity index (χ4n) is 0.325. The largest absolute Gasteiger partial charge is 0.303 e. The molecule has 9 heteroatoms. The average Bonchev–Trinajstić information content (AvgIpc) is 2.00. The van der Waals surface area contributed by atoms with Gasteiger partial charge in [0.2, 0.25) is 0 Å². The van der Waals surface area contributed by atoms with Crippen LogP contribution in [0.3, 0.4) is 0 Å². The smallest absolute Gasteiger partial charge is 0.299 e. The van der Waals surface area contributed by atoms with Crippen LogP contribution in [0.5, 0.6) is 0 Å². The van der Waals surface area contributed by atoms with Gasteiger partial charge in [0.15, 0.2) is 0 Å². The van der Waals surface area contributed by atoms with Gasteiger partial charge >= 0.3 is 0 Å². The standard InChI is InChI=1S/C3H10N6O2S/c1-3(6-9-8-4)7-12(10,11)5-2/h5,7H,1H2,2H3,(H2,4,9)(H,6,8). The second-order valence-corrected chi connectivity index (χ2v) is 3.23. The van der Waals surface area contributed by atoms with Gasteiger partial charge in [-0.05, 0) is 0 Å². The zero-order chi connectivity index (χ0) is 9.61. The van der Waals surface area contributed by atoms with Crippen molar-refractivity contribution in [1.82, 2.24) is 14.9 Å². The molecule has 70 valence electrons. The third-order valence-electron chi connectivity index (χ3n) is 0.769. The molecule has 0 rings (SSSR count). The summed E-state index contributed by atoms with van der Waals surface area (Å²) < 4.78 is 25.5. The first kappa shape index (κ1) is 10.7. The minimum absolute atomic E-state index is 0.0569. The fraction of sp³-hybridized carbons (Fsp3) is 0.333. The summed E-state index contributed by atoms with van der Waals surface area (Å²) in [5.74, 6) is 4.58. The molecule has 0 saturated carbocycles. The van der Waals surface area contributed by atoms with Gasteiger partial charge < -0.3 is 5.84 Å². The molecule has 0 aromatic rings. The Bertz CT molecular complexity index is 269. The molecule has 0 saturated heterocycles. The molecule has 0 heterocycles. The molecule has 0 aliphatic rings. The van der Waals surface area contributed by atoms with Gasteiger partial charge in [-0.25, -0.2) is 10.1 Å². The number of nitrogens with one attached hydrogen (secondary N) is 3. The van der Waals surface area contributed by atoms with Crippen LogP contribution in [-0.2, 0) is 10.2 Å². The van der Waals surface area contributed by atoms with E-state index in [2.05, 4.69) is 28.3 Å². The summed E-state index contributed by atoms with van der Waals surface area (Å²) in [5, 5.41) is 5.92. The Hall–Kier alpha value is -1.35. The van der Waals surface area contributed by atoms with E-state index in [4.69, 9.17) is 0 Å². The summed E-state index contributed by atoms with van der Waals surface area (Å²) in [6.07, 6.45) is 0. The maximum Gasteiger partial charge on any atom is 0.299 e. The molecule has 0 atom stereocenters. The van der Waals surface area contributed by atoms with Gasteiger partial charge in [0.05, 0.1) is 0 Å². The van der Waals surface area contributed by atoms with Crippen molar-refractivity contribution in [2.24, 2.45) is 16.3 Å². The average molecular weight is 194 g/mol. The van der Waals surface area contributed by atoms with E-state index < -0.39 is 10.2 Å². The zero-order valence-corrected chi connectivity index (χ0v) is 7.22. The summed E-state index contributed by atoms with van der Waals surface area (Å²) in [5.41, 5.74) is 2.13. The second kappa shape index (κ2) is 4.51. The molecule has 0 spiro atoms. The van der Waals surface area contributed by atoms with Crippen LogP contribution >= 0.6 is 0 Å². The van der Waals surface area contributed by atoms with E-state index in [-0.39, 0.29) is 5.82 Å². The van der Waals surface area contributed by atoms with Crippen molar-refractivity contribution in [1.29, 1.82) is 0 Å². The summed E-state index contributed by atoms with van der Waals surface area (Å²) in [4.78, 5) is 0. The minimum atomic E-state index is -3.55. The van der Waals surface area contributed by atoms with Crippen molar-refractivity contribution in [3.63, 3.8) is 0 Å². The van der Waals surface area contributed by atoms with Crippen molar-refractivity contribution in [2.75, 3.05) is 7.05 Å². The van der Waals surface area contributed by atoms with Gasteiger partial charge in [-0.3, -0.25) is 4.72 Å². The van der Waals surface area contributed by atoms with E-state index in [0.717, 1.165) is 0 Å². The van der Waals surface area contributed by atoms with Crippen molar-refractivity contribution in [3.8, 4) is 0 Å². The lowest BCUT2D eigenvalue weighted by molar-refractivity contribution is 0.576. The van der Waals surface area contributed by atoms with Gasteiger partial charge in [-0.15, -0.1) is 0 Å². The van der Waals surface area contributed by atoms with Gasteiger partial charge in [0.1, 0.15) is 5.82 Å². The molecular formula is C3H10N6O2S. The normalized spacial score (nSPS) is 11.4. The highest BCUT2D eigenvalue weighted by Crippen LogP contribution is 1.81. The van der Waals surface area contributed by atoms with Crippen LogP contribution < -0.4 is 20.7 Å². The number of hydrogen-bond acceptors (Lipinski definition) is 4. The Morgan fingerprint density at radius 1 is 1.58 bits per heavy atom. The van der Waals surface area contributed by atoms with Crippen LogP contribution in [0.15, 0.2) is 22.8 Å². The SMILES string of the molecule is C=C(N/N=N\N)NS(=O)(=O)NC. The Morgan fingerprint density at radius 2 is 2.17 bits per heavy atom. The molecule has 0 unspecified atom stereocenters. The Kier molecular flexibility index (Phi) is 4.00. The number of rotatable bonds is 5. The summed E-state index contributed by atoms with van der Waals surface area (Å²) in [6.45, 7) is 3.27. The summed E-state index contributed by atoms with van der Waals surface area (Å²) in [7, 11) is -2.30. The summed E-state index contributed by atoms with van der Waals surface area (Å²) in [6, 6.07) is 0. The molecule has 0 aliphatic carbocycles. The van der Waals surface area contributed by atoms with E-state index >= 15 is 0 Å². The molecule has 0 bridgehead atoms. The lowest BCUT2D eigenvalue weighted by Gasteiger charge is -2.06. The van der Waals surface area contributed by atoms with Crippen molar-refractivity contribution >= 4 is 10.2 Å². The molecule has 8 nitrogen and oxygen atoms in total. The number of nitrogens with two attached hydrogens (primary N) is 1. The van der Waals surface area contributed by atoms with Crippen LogP contribution in [-0.4, -0.2) is 15.5 Å². The van der Waals surface area contributed by atoms with Crippen LogP contribution in [0.25, 0.3) is 0 Å². The van der Waals surface area contributed by atoms with Crippen LogP contribution in [0.1, 0.15) is 0 Å². The van der Waals surface area contributed by atoms with Crippen LogP contribution in [0, 0.1) is 0 Å². The van der Waals surface area contributed by atoms with Gasteiger partial charge in [0.25, 0.3) is 10.2 Å². The fourth-order valence-corrected chi connectivity index (χ4v) is 0.797. The molecule has 0 fully saturated rings. The van der Waals surface area contributed by atoms with Crippen molar-refractivity contribution in [3.05, 3.63) is 12.4 Å². The van der Waals surface area contributed by atoms with Crippen molar-refractivity contribution < 1.29 is 8.42 Å². The second-order valence-electron chi connectivity index (χ2n) is 1.62. The quantitative estimate of drug-likeness (QED) is 0.238. The topological polar surface area (TPSA) is 121 Å². The van der Waals surface area contributed by atoms with E-state index in [9.17, 15) is 8.42 Å². The Labute approximate surface area is 70.1 Å². The highest BCUT2D eigenvalue weighted by molar-refractivity contribution is 7.87. The third kappa shape index (κ3) is 4.46. The molecule has 0 aliphatic heterocycles. The van der Waals surface area contributed by atoms with E-state index in [1.54, 1.807) is 0 Å². The lowest BCUT2D eigenvalue weighted by Crippen LogP contribution is -2.36. The first-order chi connectivity index (χ1) is 5.52. The Balaban J connectivity index is 4.02. The van der Waals surface area contributed by atoms with E-state index in [1.165, 1.54) is 7.05 Å². The van der Waals surface area contributed by atoms with Crippen molar-refractivity contribution in [2.45, 2.75) is 0 Å². The molecule has 0 aromatic carbocycles. The van der Waals surface area contributed by atoms with Gasteiger partial charge in [-0.2, -0.15) is 8.42 Å². The molecule has 0 radical (unpaired) electrons. The van der Waals surface area contributed by atoms with Gasteiger partial charge in [-0.1, -0.05) is 17.0 Å². The van der Waals surface area contributed by atoms with E-state index in [1.807, 2.05) is 9.44 Å². The maximum atomic E-state index is 10.7.